The Balaban J connectivity index is 1.65. The highest BCUT2D eigenvalue weighted by atomic mass is 16.2. The van der Waals surface area contributed by atoms with Gasteiger partial charge in [-0.1, -0.05) is 30.7 Å². The molecule has 3 rings (SSSR count). The van der Waals surface area contributed by atoms with Gasteiger partial charge in [0.25, 0.3) is 0 Å². The number of benzene rings is 1. The topological polar surface area (TPSA) is 68.0 Å². The molecule has 1 unspecified atom stereocenters. The van der Waals surface area contributed by atoms with Crippen molar-refractivity contribution in [1.82, 2.24) is 10.3 Å². The standard InChI is InChI=1S/C20H25N3O/c1-14(23-20(24)19-4-2-3-18(19)13-21)15-5-7-16(8-6-15)17-9-11-22-12-10-17/h5-12,14,18-19H,2-4,13,21H2,1H3,(H,23,24)/t14?,18-,19-/m1/s1. The third-order valence-electron chi connectivity index (χ3n) is 5.08. The summed E-state index contributed by atoms with van der Waals surface area (Å²) < 4.78 is 0. The Hall–Kier alpha value is -2.20. The minimum Gasteiger partial charge on any atom is -0.349 e. The Morgan fingerprint density at radius 1 is 1.17 bits per heavy atom. The molecule has 0 saturated heterocycles. The molecule has 1 fully saturated rings. The summed E-state index contributed by atoms with van der Waals surface area (Å²) in [6, 6.07) is 12.3. The maximum Gasteiger partial charge on any atom is 0.223 e. The number of hydrogen-bond acceptors (Lipinski definition) is 3. The molecule has 1 heterocycles. The molecule has 1 amide bonds. The molecule has 24 heavy (non-hydrogen) atoms. The van der Waals surface area contributed by atoms with Gasteiger partial charge in [-0.15, -0.1) is 0 Å². The summed E-state index contributed by atoms with van der Waals surface area (Å²) in [5.41, 5.74) is 9.20. The van der Waals surface area contributed by atoms with Crippen molar-refractivity contribution in [1.29, 1.82) is 0 Å². The van der Waals surface area contributed by atoms with Gasteiger partial charge in [0.2, 0.25) is 5.91 Å². The summed E-state index contributed by atoms with van der Waals surface area (Å²) in [5, 5.41) is 3.16. The maximum atomic E-state index is 12.5. The molecule has 3 N–H and O–H groups in total. The van der Waals surface area contributed by atoms with Crippen molar-refractivity contribution in [3.63, 3.8) is 0 Å². The average Bonchev–Trinajstić information content (AvgIpc) is 3.11. The van der Waals surface area contributed by atoms with Gasteiger partial charge in [-0.05, 0) is 61.1 Å². The number of carbonyl (C=O) groups is 1. The summed E-state index contributed by atoms with van der Waals surface area (Å²) in [5.74, 6) is 0.563. The van der Waals surface area contributed by atoms with Crippen molar-refractivity contribution in [2.75, 3.05) is 6.54 Å². The fourth-order valence-corrected chi connectivity index (χ4v) is 3.58. The smallest absolute Gasteiger partial charge is 0.223 e. The average molecular weight is 323 g/mol. The van der Waals surface area contributed by atoms with Crippen molar-refractivity contribution in [3.05, 3.63) is 54.4 Å². The van der Waals surface area contributed by atoms with E-state index in [-0.39, 0.29) is 17.9 Å². The molecular formula is C20H25N3O. The maximum absolute atomic E-state index is 12.5. The van der Waals surface area contributed by atoms with E-state index in [1.807, 2.05) is 19.1 Å². The summed E-state index contributed by atoms with van der Waals surface area (Å²) in [6.07, 6.45) is 6.73. The summed E-state index contributed by atoms with van der Waals surface area (Å²) in [6.45, 7) is 2.64. The zero-order valence-electron chi connectivity index (χ0n) is 14.1. The van der Waals surface area contributed by atoms with Crippen LogP contribution in [0.1, 0.15) is 37.8 Å². The van der Waals surface area contributed by atoms with E-state index < -0.39 is 0 Å². The van der Waals surface area contributed by atoms with Crippen LogP contribution in [0.5, 0.6) is 0 Å². The number of rotatable bonds is 5. The highest BCUT2D eigenvalue weighted by molar-refractivity contribution is 5.79. The number of aromatic nitrogens is 1. The van der Waals surface area contributed by atoms with Gasteiger partial charge < -0.3 is 11.1 Å². The monoisotopic (exact) mass is 323 g/mol. The second-order valence-corrected chi connectivity index (χ2v) is 6.62. The fourth-order valence-electron chi connectivity index (χ4n) is 3.58. The lowest BCUT2D eigenvalue weighted by Gasteiger charge is -2.21. The molecule has 1 aromatic heterocycles. The van der Waals surface area contributed by atoms with Gasteiger partial charge in [0.05, 0.1) is 6.04 Å². The van der Waals surface area contributed by atoms with Crippen molar-refractivity contribution >= 4 is 5.91 Å². The van der Waals surface area contributed by atoms with Crippen LogP contribution in [0, 0.1) is 11.8 Å². The highest BCUT2D eigenvalue weighted by Crippen LogP contribution is 2.31. The lowest BCUT2D eigenvalue weighted by molar-refractivity contribution is -0.126. The summed E-state index contributed by atoms with van der Waals surface area (Å²) in [4.78, 5) is 16.6. The molecule has 0 radical (unpaired) electrons. The van der Waals surface area contributed by atoms with Crippen molar-refractivity contribution in [2.45, 2.75) is 32.2 Å². The molecule has 0 spiro atoms. The number of hydrogen-bond donors (Lipinski definition) is 2. The Bertz CT molecular complexity index is 669. The quantitative estimate of drug-likeness (QED) is 0.887. The Morgan fingerprint density at radius 2 is 1.83 bits per heavy atom. The van der Waals surface area contributed by atoms with Crippen molar-refractivity contribution in [3.8, 4) is 11.1 Å². The molecule has 2 aromatic rings. The van der Waals surface area contributed by atoms with E-state index in [2.05, 4.69) is 34.6 Å². The molecule has 1 aliphatic carbocycles. The van der Waals surface area contributed by atoms with Gasteiger partial charge in [-0.3, -0.25) is 9.78 Å². The van der Waals surface area contributed by atoms with E-state index in [1.54, 1.807) is 12.4 Å². The van der Waals surface area contributed by atoms with Crippen LogP contribution in [0.3, 0.4) is 0 Å². The van der Waals surface area contributed by atoms with Gasteiger partial charge in [0.15, 0.2) is 0 Å². The van der Waals surface area contributed by atoms with Crippen LogP contribution in [-0.4, -0.2) is 17.4 Å². The van der Waals surface area contributed by atoms with Gasteiger partial charge in [-0.25, -0.2) is 0 Å². The molecule has 1 aromatic carbocycles. The third-order valence-corrected chi connectivity index (χ3v) is 5.08. The molecular weight excluding hydrogens is 298 g/mol. The largest absolute Gasteiger partial charge is 0.349 e. The second kappa shape index (κ2) is 7.58. The first-order valence-electron chi connectivity index (χ1n) is 8.70. The number of amides is 1. The Kier molecular flexibility index (Phi) is 5.26. The zero-order chi connectivity index (χ0) is 16.9. The molecule has 1 saturated carbocycles. The second-order valence-electron chi connectivity index (χ2n) is 6.62. The predicted molar refractivity (Wildman–Crippen MR) is 96.1 cm³/mol. The third kappa shape index (κ3) is 3.65. The molecule has 4 heteroatoms. The SMILES string of the molecule is CC(NC(=O)[C@@H]1CCC[C@@H]1CN)c1ccc(-c2ccncc2)cc1. The van der Waals surface area contributed by atoms with Crippen LogP contribution in [0.25, 0.3) is 11.1 Å². The highest BCUT2D eigenvalue weighted by Gasteiger charge is 2.32. The lowest BCUT2D eigenvalue weighted by Crippen LogP contribution is -2.36. The van der Waals surface area contributed by atoms with Gasteiger partial charge in [-0.2, -0.15) is 0 Å². The normalized spacial score (nSPS) is 21.4. The Labute approximate surface area is 143 Å². The van der Waals surface area contributed by atoms with Crippen LogP contribution in [0.4, 0.5) is 0 Å². The fraction of sp³-hybridized carbons (Fsp3) is 0.400. The van der Waals surface area contributed by atoms with Gasteiger partial charge >= 0.3 is 0 Å². The molecule has 4 nitrogen and oxygen atoms in total. The van der Waals surface area contributed by atoms with Gasteiger partial charge in [0, 0.05) is 18.3 Å². The van der Waals surface area contributed by atoms with Crippen LogP contribution in [0.2, 0.25) is 0 Å². The molecule has 0 aliphatic heterocycles. The first kappa shape index (κ1) is 16.7. The minimum absolute atomic E-state index is 0.00279. The molecule has 0 bridgehead atoms. The summed E-state index contributed by atoms with van der Waals surface area (Å²) >= 11 is 0. The van der Waals surface area contributed by atoms with E-state index in [0.29, 0.717) is 12.5 Å². The first-order chi connectivity index (χ1) is 11.7. The summed E-state index contributed by atoms with van der Waals surface area (Å²) in [7, 11) is 0. The van der Waals surface area contributed by atoms with E-state index in [1.165, 1.54) is 0 Å². The van der Waals surface area contributed by atoms with E-state index in [4.69, 9.17) is 5.73 Å². The molecule has 126 valence electrons. The van der Waals surface area contributed by atoms with Crippen LogP contribution in [0.15, 0.2) is 48.8 Å². The number of carbonyl (C=O) groups excluding carboxylic acids is 1. The van der Waals surface area contributed by atoms with Crippen LogP contribution >= 0.6 is 0 Å². The van der Waals surface area contributed by atoms with Crippen LogP contribution < -0.4 is 11.1 Å². The number of nitrogens with zero attached hydrogens (tertiary/aromatic N) is 1. The molecule has 3 atom stereocenters. The van der Waals surface area contributed by atoms with E-state index in [9.17, 15) is 4.79 Å². The molecule has 1 aliphatic rings. The lowest BCUT2D eigenvalue weighted by atomic mass is 9.94. The Morgan fingerprint density at radius 3 is 2.50 bits per heavy atom. The van der Waals surface area contributed by atoms with E-state index >= 15 is 0 Å². The number of nitrogens with one attached hydrogen (secondary N) is 1. The zero-order valence-corrected chi connectivity index (χ0v) is 14.1. The van der Waals surface area contributed by atoms with Gasteiger partial charge in [0.1, 0.15) is 0 Å². The van der Waals surface area contributed by atoms with Crippen LogP contribution in [-0.2, 0) is 4.79 Å². The number of pyridine rings is 1. The predicted octanol–water partition coefficient (Wildman–Crippen LogP) is 3.30. The first-order valence-corrected chi connectivity index (χ1v) is 8.70. The van der Waals surface area contributed by atoms with Crippen molar-refractivity contribution < 1.29 is 4.79 Å². The minimum atomic E-state index is 0.00279. The van der Waals surface area contributed by atoms with Crippen molar-refractivity contribution in [2.24, 2.45) is 17.6 Å². The van der Waals surface area contributed by atoms with E-state index in [0.717, 1.165) is 36.0 Å². The number of nitrogens with two attached hydrogens (primary N) is 1.